The van der Waals surface area contributed by atoms with E-state index in [9.17, 15) is 18.3 Å². The van der Waals surface area contributed by atoms with Crippen molar-refractivity contribution in [2.45, 2.75) is 59.6 Å². The molecule has 0 amide bonds. The minimum Gasteiger partial charge on any atom is -0.491 e. The highest BCUT2D eigenvalue weighted by molar-refractivity contribution is 6.33. The molecule has 4 aromatic rings. The van der Waals surface area contributed by atoms with Crippen molar-refractivity contribution in [1.82, 2.24) is 30.2 Å². The zero-order valence-electron chi connectivity index (χ0n) is 23.8. The second-order valence-electron chi connectivity index (χ2n) is 10.3. The van der Waals surface area contributed by atoms with E-state index in [1.165, 1.54) is 0 Å². The molecule has 0 saturated carbocycles. The Morgan fingerprint density at radius 1 is 1.14 bits per heavy atom. The Labute approximate surface area is 245 Å². The quantitative estimate of drug-likeness (QED) is 0.274. The number of nitrogens with zero attached hydrogens (tertiary/aromatic N) is 6. The lowest BCUT2D eigenvalue weighted by Crippen LogP contribution is -2.29. The average Bonchev–Trinajstić information content (AvgIpc) is 3.58. The molecule has 0 unspecified atom stereocenters. The van der Waals surface area contributed by atoms with Gasteiger partial charge in [0.2, 0.25) is 0 Å². The van der Waals surface area contributed by atoms with Crippen molar-refractivity contribution < 1.29 is 27.5 Å². The van der Waals surface area contributed by atoms with E-state index in [4.69, 9.17) is 30.8 Å². The number of alkyl halides is 3. The van der Waals surface area contributed by atoms with Crippen LogP contribution in [0.25, 0.3) is 22.6 Å². The van der Waals surface area contributed by atoms with Crippen LogP contribution in [0.1, 0.15) is 34.0 Å². The van der Waals surface area contributed by atoms with Crippen molar-refractivity contribution in [3.63, 3.8) is 0 Å². The van der Waals surface area contributed by atoms with Crippen molar-refractivity contribution >= 4 is 17.4 Å². The van der Waals surface area contributed by atoms with Crippen LogP contribution in [0.5, 0.6) is 5.75 Å². The Hall–Kier alpha value is -3.68. The SMILES string of the molecule is CNC[C@@H](O)COc1ccc(Cl)c(-c2nc(-c3c(C)noc3C)c(C)c(N3Cc4c(C)nn(CC(F)(F)F)c4C3)n2)c1. The maximum atomic E-state index is 13.3. The van der Waals surface area contributed by atoms with Crippen molar-refractivity contribution in [2.75, 3.05) is 25.1 Å². The second kappa shape index (κ2) is 11.5. The van der Waals surface area contributed by atoms with Crippen LogP contribution in [0.15, 0.2) is 22.7 Å². The Bertz CT molecular complexity index is 1600. The summed E-state index contributed by atoms with van der Waals surface area (Å²) in [4.78, 5) is 11.7. The highest BCUT2D eigenvalue weighted by Crippen LogP contribution is 2.39. The number of nitrogens with one attached hydrogen (secondary N) is 1. The Balaban J connectivity index is 1.59. The van der Waals surface area contributed by atoms with Gasteiger partial charge in [-0.15, -0.1) is 0 Å². The Morgan fingerprint density at radius 3 is 2.57 bits per heavy atom. The van der Waals surface area contributed by atoms with E-state index in [-0.39, 0.29) is 13.2 Å². The van der Waals surface area contributed by atoms with Crippen LogP contribution < -0.4 is 15.0 Å². The highest BCUT2D eigenvalue weighted by Gasteiger charge is 2.35. The first kappa shape index (κ1) is 29.8. The number of aryl methyl sites for hydroxylation is 3. The molecule has 3 aromatic heterocycles. The van der Waals surface area contributed by atoms with E-state index in [2.05, 4.69) is 15.6 Å². The number of anilines is 1. The molecule has 10 nitrogen and oxygen atoms in total. The lowest BCUT2D eigenvalue weighted by Gasteiger charge is -2.22. The number of halogens is 4. The first-order valence-corrected chi connectivity index (χ1v) is 13.7. The summed E-state index contributed by atoms with van der Waals surface area (Å²) in [6.45, 7) is 6.95. The maximum absolute atomic E-state index is 13.3. The molecule has 224 valence electrons. The molecule has 0 saturated heterocycles. The summed E-state index contributed by atoms with van der Waals surface area (Å²) in [5.41, 5.74) is 4.89. The molecular formula is C28H31ClF3N7O3. The topological polar surface area (TPSA) is 114 Å². The molecule has 1 aliphatic heterocycles. The van der Waals surface area contributed by atoms with Crippen LogP contribution in [-0.4, -0.2) is 62.5 Å². The highest BCUT2D eigenvalue weighted by atomic mass is 35.5. The summed E-state index contributed by atoms with van der Waals surface area (Å²) in [6, 6.07) is 5.05. The molecule has 2 N–H and O–H groups in total. The smallest absolute Gasteiger partial charge is 0.408 e. The zero-order chi connectivity index (χ0) is 30.3. The monoisotopic (exact) mass is 605 g/mol. The van der Waals surface area contributed by atoms with Crippen molar-refractivity contribution in [2.24, 2.45) is 0 Å². The number of fused-ring (bicyclic) bond motifs is 1. The summed E-state index contributed by atoms with van der Waals surface area (Å²) < 4.78 is 52.1. The second-order valence-corrected chi connectivity index (χ2v) is 10.8. The third-order valence-electron chi connectivity index (χ3n) is 7.14. The van der Waals surface area contributed by atoms with E-state index in [1.807, 2.05) is 18.7 Å². The number of likely N-dealkylation sites (N-methyl/N-ethyl adjacent to an activating group) is 1. The average molecular weight is 606 g/mol. The normalized spacial score (nSPS) is 14.0. The minimum atomic E-state index is -4.40. The molecule has 1 aromatic carbocycles. The number of hydrogen-bond acceptors (Lipinski definition) is 9. The first-order chi connectivity index (χ1) is 19.9. The number of rotatable bonds is 9. The largest absolute Gasteiger partial charge is 0.491 e. The van der Waals surface area contributed by atoms with Crippen LogP contribution in [0.4, 0.5) is 19.0 Å². The molecule has 4 heterocycles. The van der Waals surface area contributed by atoms with Gasteiger partial charge in [-0.1, -0.05) is 16.8 Å². The fourth-order valence-corrected chi connectivity index (χ4v) is 5.38. The molecule has 0 spiro atoms. The lowest BCUT2D eigenvalue weighted by atomic mass is 10.0. The predicted molar refractivity (Wildman–Crippen MR) is 151 cm³/mol. The van der Waals surface area contributed by atoms with Crippen LogP contribution >= 0.6 is 11.6 Å². The van der Waals surface area contributed by atoms with Gasteiger partial charge in [-0.25, -0.2) is 9.97 Å². The van der Waals surface area contributed by atoms with E-state index in [1.54, 1.807) is 39.1 Å². The molecule has 42 heavy (non-hydrogen) atoms. The third kappa shape index (κ3) is 5.94. The standard InChI is InChI=1S/C28H31ClF3N7O3/c1-14-25(24-16(3)37-42-17(24)4)34-26(20-8-19(6-7-22(20)29)41-12-18(40)9-33-5)35-27(14)38-10-21-15(2)36-39(23(21)11-38)13-28(30,31)32/h6-8,18,33,40H,9-13H2,1-5H3/t18-/m1/s1. The van der Waals surface area contributed by atoms with Gasteiger partial charge in [0.15, 0.2) is 5.82 Å². The third-order valence-corrected chi connectivity index (χ3v) is 7.47. The molecule has 0 aliphatic carbocycles. The Kier molecular flexibility index (Phi) is 8.19. The van der Waals surface area contributed by atoms with Gasteiger partial charge in [0.05, 0.1) is 39.9 Å². The van der Waals surface area contributed by atoms with Gasteiger partial charge < -0.3 is 24.6 Å². The minimum absolute atomic E-state index is 0.0621. The number of aliphatic hydroxyl groups excluding tert-OH is 1. The van der Waals surface area contributed by atoms with Gasteiger partial charge >= 0.3 is 6.18 Å². The molecule has 14 heteroatoms. The van der Waals surface area contributed by atoms with Gasteiger partial charge in [-0.2, -0.15) is 18.3 Å². The van der Waals surface area contributed by atoms with E-state index < -0.39 is 18.8 Å². The number of aliphatic hydroxyl groups is 1. The van der Waals surface area contributed by atoms with Gasteiger partial charge in [0.25, 0.3) is 0 Å². The fourth-order valence-electron chi connectivity index (χ4n) is 5.18. The number of benzene rings is 1. The molecular weight excluding hydrogens is 575 g/mol. The van der Waals surface area contributed by atoms with Gasteiger partial charge in [-0.05, 0) is 52.9 Å². The van der Waals surface area contributed by atoms with Gasteiger partial charge in [-0.3, -0.25) is 4.68 Å². The van der Waals surface area contributed by atoms with Crippen LogP contribution in [0.3, 0.4) is 0 Å². The summed E-state index contributed by atoms with van der Waals surface area (Å²) in [5.74, 6) is 1.86. The van der Waals surface area contributed by atoms with E-state index in [0.717, 1.165) is 10.2 Å². The maximum Gasteiger partial charge on any atom is 0.408 e. The molecule has 0 fully saturated rings. The van der Waals surface area contributed by atoms with E-state index in [0.29, 0.717) is 80.7 Å². The summed E-state index contributed by atoms with van der Waals surface area (Å²) in [6.07, 6.45) is -5.11. The Morgan fingerprint density at radius 2 is 1.90 bits per heavy atom. The molecule has 0 bridgehead atoms. The summed E-state index contributed by atoms with van der Waals surface area (Å²) >= 11 is 6.64. The van der Waals surface area contributed by atoms with Crippen molar-refractivity contribution in [1.29, 1.82) is 0 Å². The van der Waals surface area contributed by atoms with Gasteiger partial charge in [0.1, 0.15) is 36.6 Å². The fraction of sp³-hybridized carbons (Fsp3) is 0.429. The molecule has 1 aliphatic rings. The molecule has 1 atom stereocenters. The van der Waals surface area contributed by atoms with E-state index >= 15 is 0 Å². The van der Waals surface area contributed by atoms with Crippen LogP contribution in [0.2, 0.25) is 5.02 Å². The number of hydrogen-bond donors (Lipinski definition) is 2. The first-order valence-electron chi connectivity index (χ1n) is 13.3. The summed E-state index contributed by atoms with van der Waals surface area (Å²) in [7, 11) is 1.74. The van der Waals surface area contributed by atoms with Crippen LogP contribution in [0, 0.1) is 27.7 Å². The van der Waals surface area contributed by atoms with Gasteiger partial charge in [0, 0.05) is 29.8 Å². The molecule has 0 radical (unpaired) electrons. The van der Waals surface area contributed by atoms with Crippen LogP contribution in [-0.2, 0) is 19.6 Å². The zero-order valence-corrected chi connectivity index (χ0v) is 24.6. The lowest BCUT2D eigenvalue weighted by molar-refractivity contribution is -0.143. The predicted octanol–water partition coefficient (Wildman–Crippen LogP) is 4.92. The number of ether oxygens (including phenoxy) is 1. The van der Waals surface area contributed by atoms with Crippen molar-refractivity contribution in [3.8, 4) is 28.4 Å². The van der Waals surface area contributed by atoms with Crippen molar-refractivity contribution in [3.05, 3.63) is 57.2 Å². The summed E-state index contributed by atoms with van der Waals surface area (Å²) in [5, 5.41) is 21.6. The molecule has 5 rings (SSSR count). The number of aromatic nitrogens is 5.